The Balaban J connectivity index is 1.63. The molecule has 3 nitrogen and oxygen atoms in total. The van der Waals surface area contributed by atoms with Crippen molar-refractivity contribution < 1.29 is 4.42 Å². The van der Waals surface area contributed by atoms with Crippen LogP contribution in [0.4, 0.5) is 0 Å². The van der Waals surface area contributed by atoms with Gasteiger partial charge in [-0.3, -0.25) is 0 Å². The molecule has 21 heavy (non-hydrogen) atoms. The maximum atomic E-state index is 6.41. The molecular formula is C16H13ClN2OS. The Bertz CT molecular complexity index is 744. The van der Waals surface area contributed by atoms with E-state index in [9.17, 15) is 0 Å². The SMILES string of the molecule is ClC(c1ccccc1)c1nnc(-c2cc3c(s2)CCC3)o1. The molecule has 0 spiro atoms. The molecule has 0 saturated heterocycles. The maximum absolute atomic E-state index is 6.41. The third-order valence-electron chi connectivity index (χ3n) is 3.71. The number of halogens is 1. The topological polar surface area (TPSA) is 38.9 Å². The molecule has 0 fully saturated rings. The van der Waals surface area contributed by atoms with E-state index in [2.05, 4.69) is 16.3 Å². The summed E-state index contributed by atoms with van der Waals surface area (Å²) in [7, 11) is 0. The Hall–Kier alpha value is -1.65. The van der Waals surface area contributed by atoms with Gasteiger partial charge in [-0.15, -0.1) is 33.1 Å². The molecule has 0 saturated carbocycles. The first-order valence-corrected chi connectivity index (χ1v) is 8.21. The van der Waals surface area contributed by atoms with Crippen molar-refractivity contribution in [3.63, 3.8) is 0 Å². The zero-order valence-electron chi connectivity index (χ0n) is 11.3. The van der Waals surface area contributed by atoms with Crippen molar-refractivity contribution >= 4 is 22.9 Å². The summed E-state index contributed by atoms with van der Waals surface area (Å²) >= 11 is 8.17. The Kier molecular flexibility index (Phi) is 3.28. The third kappa shape index (κ3) is 2.39. The number of fused-ring (bicyclic) bond motifs is 1. The molecule has 4 rings (SSSR count). The van der Waals surface area contributed by atoms with E-state index in [0.717, 1.165) is 16.9 Å². The van der Waals surface area contributed by atoms with Crippen molar-refractivity contribution in [1.82, 2.24) is 10.2 Å². The lowest BCUT2D eigenvalue weighted by Crippen LogP contribution is -1.92. The number of rotatable bonds is 3. The smallest absolute Gasteiger partial charge is 0.257 e. The van der Waals surface area contributed by atoms with Crippen molar-refractivity contribution in [2.24, 2.45) is 0 Å². The predicted octanol–water partition coefficient (Wildman–Crippen LogP) is 4.62. The average molecular weight is 317 g/mol. The van der Waals surface area contributed by atoms with E-state index in [1.54, 1.807) is 11.3 Å². The van der Waals surface area contributed by atoms with Crippen LogP contribution in [-0.2, 0) is 12.8 Å². The highest BCUT2D eigenvalue weighted by molar-refractivity contribution is 7.15. The molecule has 1 aromatic carbocycles. The maximum Gasteiger partial charge on any atom is 0.257 e. The number of aryl methyl sites for hydroxylation is 2. The minimum atomic E-state index is -0.403. The zero-order chi connectivity index (χ0) is 14.2. The first-order chi connectivity index (χ1) is 10.3. The van der Waals surface area contributed by atoms with Crippen molar-refractivity contribution in [2.45, 2.75) is 24.6 Å². The largest absolute Gasteiger partial charge is 0.418 e. The summed E-state index contributed by atoms with van der Waals surface area (Å²) in [5.74, 6) is 1.03. The molecule has 106 valence electrons. The van der Waals surface area contributed by atoms with Gasteiger partial charge in [-0.2, -0.15) is 0 Å². The van der Waals surface area contributed by atoms with Crippen LogP contribution in [0.5, 0.6) is 0 Å². The zero-order valence-corrected chi connectivity index (χ0v) is 12.8. The lowest BCUT2D eigenvalue weighted by atomic mass is 10.1. The molecule has 0 radical (unpaired) electrons. The molecular weight excluding hydrogens is 304 g/mol. The van der Waals surface area contributed by atoms with Gasteiger partial charge in [-0.05, 0) is 36.5 Å². The van der Waals surface area contributed by atoms with E-state index in [0.29, 0.717) is 11.8 Å². The number of benzene rings is 1. The van der Waals surface area contributed by atoms with Gasteiger partial charge in [-0.25, -0.2) is 0 Å². The van der Waals surface area contributed by atoms with Crippen LogP contribution in [0.15, 0.2) is 40.8 Å². The molecule has 0 aliphatic heterocycles. The van der Waals surface area contributed by atoms with Crippen LogP contribution in [0, 0.1) is 0 Å². The van der Waals surface area contributed by atoms with Crippen LogP contribution in [-0.4, -0.2) is 10.2 Å². The van der Waals surface area contributed by atoms with E-state index in [1.807, 2.05) is 30.3 Å². The van der Waals surface area contributed by atoms with Gasteiger partial charge in [0.2, 0.25) is 5.89 Å². The summed E-state index contributed by atoms with van der Waals surface area (Å²) in [4.78, 5) is 2.51. The fourth-order valence-electron chi connectivity index (χ4n) is 2.64. The highest BCUT2D eigenvalue weighted by Crippen LogP contribution is 2.37. The van der Waals surface area contributed by atoms with Gasteiger partial charge in [0, 0.05) is 4.88 Å². The Labute approximate surface area is 131 Å². The third-order valence-corrected chi connectivity index (χ3v) is 5.37. The molecule has 0 amide bonds. The number of thiophene rings is 1. The van der Waals surface area contributed by atoms with E-state index < -0.39 is 5.38 Å². The lowest BCUT2D eigenvalue weighted by Gasteiger charge is -2.03. The number of hydrogen-bond donors (Lipinski definition) is 0. The van der Waals surface area contributed by atoms with Crippen molar-refractivity contribution in [3.05, 3.63) is 58.3 Å². The van der Waals surface area contributed by atoms with E-state index in [1.165, 1.54) is 23.3 Å². The predicted molar refractivity (Wildman–Crippen MR) is 83.8 cm³/mol. The summed E-state index contributed by atoms with van der Waals surface area (Å²) in [6.07, 6.45) is 3.59. The van der Waals surface area contributed by atoms with Crippen molar-refractivity contribution in [2.75, 3.05) is 0 Å². The summed E-state index contributed by atoms with van der Waals surface area (Å²) in [5, 5.41) is 7.86. The fraction of sp³-hybridized carbons (Fsp3) is 0.250. The first-order valence-electron chi connectivity index (χ1n) is 6.95. The van der Waals surface area contributed by atoms with E-state index in [4.69, 9.17) is 16.0 Å². The number of nitrogens with zero attached hydrogens (tertiary/aromatic N) is 2. The quantitative estimate of drug-likeness (QED) is 0.662. The van der Waals surface area contributed by atoms with Gasteiger partial charge in [0.1, 0.15) is 5.38 Å². The molecule has 0 bridgehead atoms. The van der Waals surface area contributed by atoms with Crippen molar-refractivity contribution in [3.8, 4) is 10.8 Å². The number of hydrogen-bond acceptors (Lipinski definition) is 4. The molecule has 2 heterocycles. The summed E-state index contributed by atoms with van der Waals surface area (Å²) in [5.41, 5.74) is 2.39. The van der Waals surface area contributed by atoms with Crippen LogP contribution >= 0.6 is 22.9 Å². The van der Waals surface area contributed by atoms with Gasteiger partial charge in [0.25, 0.3) is 5.89 Å². The standard InChI is InChI=1S/C16H13ClN2OS/c17-14(10-5-2-1-3-6-10)16-19-18-15(20-16)13-9-11-7-4-8-12(11)21-13/h1-3,5-6,9,14H,4,7-8H2. The molecule has 1 aliphatic carbocycles. The van der Waals surface area contributed by atoms with Crippen LogP contribution in [0.1, 0.15) is 33.7 Å². The number of alkyl halides is 1. The molecule has 2 aromatic heterocycles. The van der Waals surface area contributed by atoms with Crippen LogP contribution in [0.3, 0.4) is 0 Å². The Morgan fingerprint density at radius 2 is 2.00 bits per heavy atom. The van der Waals surface area contributed by atoms with Gasteiger partial charge in [0.15, 0.2) is 0 Å². The van der Waals surface area contributed by atoms with Gasteiger partial charge < -0.3 is 4.42 Å². The second-order valence-electron chi connectivity index (χ2n) is 5.13. The highest BCUT2D eigenvalue weighted by atomic mass is 35.5. The fourth-order valence-corrected chi connectivity index (χ4v) is 4.04. The monoisotopic (exact) mass is 316 g/mol. The summed E-state index contributed by atoms with van der Waals surface area (Å²) in [6, 6.07) is 12.0. The first kappa shape index (κ1) is 13.0. The highest BCUT2D eigenvalue weighted by Gasteiger charge is 2.21. The van der Waals surface area contributed by atoms with Crippen LogP contribution in [0.25, 0.3) is 10.8 Å². The average Bonchev–Trinajstić information content (AvgIpc) is 3.22. The Morgan fingerprint density at radius 1 is 1.14 bits per heavy atom. The molecule has 1 aliphatic rings. The molecule has 1 atom stereocenters. The number of aromatic nitrogens is 2. The lowest BCUT2D eigenvalue weighted by molar-refractivity contribution is 0.514. The van der Waals surface area contributed by atoms with Gasteiger partial charge in [-0.1, -0.05) is 30.3 Å². The molecule has 3 aromatic rings. The van der Waals surface area contributed by atoms with Crippen LogP contribution in [0.2, 0.25) is 0 Å². The second kappa shape index (κ2) is 5.28. The molecule has 0 N–H and O–H groups in total. The van der Waals surface area contributed by atoms with Gasteiger partial charge in [0.05, 0.1) is 4.88 Å². The summed E-state index contributed by atoms with van der Waals surface area (Å²) < 4.78 is 5.78. The second-order valence-corrected chi connectivity index (χ2v) is 6.70. The normalized spacial score (nSPS) is 15.1. The van der Waals surface area contributed by atoms with Crippen LogP contribution < -0.4 is 0 Å². The van der Waals surface area contributed by atoms with E-state index >= 15 is 0 Å². The minimum Gasteiger partial charge on any atom is -0.418 e. The van der Waals surface area contributed by atoms with E-state index in [-0.39, 0.29) is 0 Å². The summed E-state index contributed by atoms with van der Waals surface area (Å²) in [6.45, 7) is 0. The Morgan fingerprint density at radius 3 is 2.81 bits per heavy atom. The molecule has 1 unspecified atom stereocenters. The van der Waals surface area contributed by atoms with Crippen molar-refractivity contribution in [1.29, 1.82) is 0 Å². The molecule has 5 heteroatoms. The van der Waals surface area contributed by atoms with Gasteiger partial charge >= 0.3 is 0 Å². The minimum absolute atomic E-state index is 0.403.